The van der Waals surface area contributed by atoms with E-state index in [4.69, 9.17) is 5.11 Å². The van der Waals surface area contributed by atoms with Crippen LogP contribution >= 0.6 is 0 Å². The number of rotatable bonds is 1. The number of nitrogens with one attached hydrogen (secondary N) is 1. The first kappa shape index (κ1) is 6.97. The minimum Gasteiger partial charge on any atom is -0.480 e. The Kier molecular flexibility index (Phi) is 0.982. The van der Waals surface area contributed by atoms with Gasteiger partial charge >= 0.3 is 5.97 Å². The molecule has 0 bridgehead atoms. The number of aliphatic carboxylic acids is 1. The highest BCUT2D eigenvalue weighted by Crippen LogP contribution is 2.65. The van der Waals surface area contributed by atoms with Crippen LogP contribution < -0.4 is 5.32 Å². The van der Waals surface area contributed by atoms with Gasteiger partial charge in [-0.2, -0.15) is 0 Å². The van der Waals surface area contributed by atoms with Crippen LogP contribution in [-0.2, 0) is 4.79 Å². The van der Waals surface area contributed by atoms with Gasteiger partial charge in [0.05, 0.1) is 5.41 Å². The van der Waals surface area contributed by atoms with Gasteiger partial charge in [-0.1, -0.05) is 0 Å². The SMILES string of the molecule is O=C(O)C1NCC12CC2(F)F. The van der Waals surface area contributed by atoms with Crippen molar-refractivity contribution in [3.8, 4) is 0 Å². The number of halogens is 2. The fourth-order valence-electron chi connectivity index (χ4n) is 1.63. The lowest BCUT2D eigenvalue weighted by atomic mass is 9.87. The number of carboxylic acid groups (broad SMARTS) is 1. The topological polar surface area (TPSA) is 49.3 Å². The van der Waals surface area contributed by atoms with Gasteiger partial charge in [0.25, 0.3) is 5.92 Å². The average Bonchev–Trinajstić information content (AvgIpc) is 2.32. The van der Waals surface area contributed by atoms with E-state index < -0.39 is 23.3 Å². The van der Waals surface area contributed by atoms with Crippen molar-refractivity contribution in [1.82, 2.24) is 5.32 Å². The number of hydrogen-bond acceptors (Lipinski definition) is 2. The number of carbonyl (C=O) groups is 1. The number of alkyl halides is 2. The maximum Gasteiger partial charge on any atom is 0.321 e. The zero-order valence-electron chi connectivity index (χ0n) is 5.60. The smallest absolute Gasteiger partial charge is 0.321 e. The molecule has 0 aromatic heterocycles. The fraction of sp³-hybridized carbons (Fsp3) is 0.833. The minimum atomic E-state index is -2.75. The van der Waals surface area contributed by atoms with Crippen molar-refractivity contribution in [1.29, 1.82) is 0 Å². The van der Waals surface area contributed by atoms with Crippen LogP contribution in [0, 0.1) is 5.41 Å². The molecule has 0 amide bonds. The molecular formula is C6H7F2NO2. The summed E-state index contributed by atoms with van der Waals surface area (Å²) >= 11 is 0. The van der Waals surface area contributed by atoms with Crippen LogP contribution in [0.2, 0.25) is 0 Å². The van der Waals surface area contributed by atoms with E-state index in [1.54, 1.807) is 0 Å². The molecule has 2 aliphatic rings. The molecule has 5 heteroatoms. The normalized spacial score (nSPS) is 45.1. The Bertz CT molecular complexity index is 231. The van der Waals surface area contributed by atoms with Crippen LogP contribution in [0.5, 0.6) is 0 Å². The highest BCUT2D eigenvalue weighted by atomic mass is 19.3. The van der Waals surface area contributed by atoms with Gasteiger partial charge in [-0.15, -0.1) is 0 Å². The van der Waals surface area contributed by atoms with E-state index in [1.807, 2.05) is 0 Å². The lowest BCUT2D eigenvalue weighted by Gasteiger charge is -2.35. The molecule has 11 heavy (non-hydrogen) atoms. The second kappa shape index (κ2) is 1.55. The molecule has 1 saturated carbocycles. The number of hydrogen-bond donors (Lipinski definition) is 2. The zero-order chi connectivity index (χ0) is 8.28. The van der Waals surface area contributed by atoms with Gasteiger partial charge in [-0.3, -0.25) is 4.79 Å². The van der Waals surface area contributed by atoms with Crippen LogP contribution in [0.25, 0.3) is 0 Å². The van der Waals surface area contributed by atoms with E-state index in [2.05, 4.69) is 5.32 Å². The lowest BCUT2D eigenvalue weighted by molar-refractivity contribution is -0.147. The van der Waals surface area contributed by atoms with Gasteiger partial charge in [0.2, 0.25) is 0 Å². The largest absolute Gasteiger partial charge is 0.480 e. The molecule has 2 fully saturated rings. The van der Waals surface area contributed by atoms with E-state index in [0.29, 0.717) is 0 Å². The Labute approximate surface area is 61.4 Å². The van der Waals surface area contributed by atoms with Gasteiger partial charge < -0.3 is 10.4 Å². The summed E-state index contributed by atoms with van der Waals surface area (Å²) in [4.78, 5) is 10.3. The minimum absolute atomic E-state index is 0.136. The Morgan fingerprint density at radius 2 is 2.18 bits per heavy atom. The predicted octanol–water partition coefficient (Wildman–Crippen LogP) is 0.0682. The van der Waals surface area contributed by atoms with Gasteiger partial charge in [-0.25, -0.2) is 8.78 Å². The number of carboxylic acids is 1. The first-order valence-corrected chi connectivity index (χ1v) is 3.34. The fourth-order valence-corrected chi connectivity index (χ4v) is 1.63. The van der Waals surface area contributed by atoms with E-state index in [-0.39, 0.29) is 13.0 Å². The third kappa shape index (κ3) is 0.617. The summed E-state index contributed by atoms with van der Waals surface area (Å²) in [7, 11) is 0. The molecule has 0 radical (unpaired) electrons. The third-order valence-corrected chi connectivity index (χ3v) is 2.56. The molecule has 1 aliphatic carbocycles. The monoisotopic (exact) mass is 163 g/mol. The van der Waals surface area contributed by atoms with Crippen LogP contribution in [-0.4, -0.2) is 29.6 Å². The van der Waals surface area contributed by atoms with Gasteiger partial charge in [-0.05, 0) is 0 Å². The summed E-state index contributed by atoms with van der Waals surface area (Å²) in [5.74, 6) is -3.92. The Hall–Kier alpha value is -0.710. The van der Waals surface area contributed by atoms with Crippen LogP contribution in [0.3, 0.4) is 0 Å². The molecule has 0 aromatic carbocycles. The van der Waals surface area contributed by atoms with E-state index in [0.717, 1.165) is 0 Å². The van der Waals surface area contributed by atoms with Crippen molar-refractivity contribution in [3.05, 3.63) is 0 Å². The van der Waals surface area contributed by atoms with Gasteiger partial charge in [0.15, 0.2) is 0 Å². The lowest BCUT2D eigenvalue weighted by Crippen LogP contribution is -2.61. The van der Waals surface area contributed by atoms with Crippen molar-refractivity contribution in [3.63, 3.8) is 0 Å². The quantitative estimate of drug-likeness (QED) is 0.575. The third-order valence-electron chi connectivity index (χ3n) is 2.56. The second-order valence-electron chi connectivity index (χ2n) is 3.19. The zero-order valence-corrected chi connectivity index (χ0v) is 5.60. The summed E-state index contributed by atoms with van der Waals surface area (Å²) < 4.78 is 25.1. The van der Waals surface area contributed by atoms with Crippen molar-refractivity contribution < 1.29 is 18.7 Å². The Morgan fingerprint density at radius 3 is 2.27 bits per heavy atom. The van der Waals surface area contributed by atoms with E-state index in [9.17, 15) is 13.6 Å². The average molecular weight is 163 g/mol. The summed E-state index contributed by atoms with van der Waals surface area (Å²) in [5.41, 5.74) is -1.24. The summed E-state index contributed by atoms with van der Waals surface area (Å²) in [6.45, 7) is 0.136. The molecule has 0 aromatic rings. The standard InChI is InChI=1S/C6H7F2NO2/c7-6(8)1-5(6)2-9-3(5)4(10)11/h3,9H,1-2H2,(H,10,11). The first-order valence-electron chi connectivity index (χ1n) is 3.34. The molecule has 1 aliphatic heterocycles. The molecule has 62 valence electrons. The van der Waals surface area contributed by atoms with Crippen LogP contribution in [0.15, 0.2) is 0 Å². The summed E-state index contributed by atoms with van der Waals surface area (Å²) in [6.07, 6.45) is -0.274. The molecule has 2 atom stereocenters. The first-order chi connectivity index (χ1) is 5.00. The van der Waals surface area contributed by atoms with E-state index >= 15 is 0 Å². The van der Waals surface area contributed by atoms with Gasteiger partial charge in [0, 0.05) is 13.0 Å². The van der Waals surface area contributed by atoms with Crippen molar-refractivity contribution in [2.75, 3.05) is 6.54 Å². The maximum atomic E-state index is 12.5. The molecule has 1 saturated heterocycles. The molecule has 1 heterocycles. The molecular weight excluding hydrogens is 156 g/mol. The van der Waals surface area contributed by atoms with Gasteiger partial charge in [0.1, 0.15) is 6.04 Å². The van der Waals surface area contributed by atoms with E-state index in [1.165, 1.54) is 0 Å². The molecule has 2 unspecified atom stereocenters. The van der Waals surface area contributed by atoms with Crippen LogP contribution in [0.4, 0.5) is 8.78 Å². The van der Waals surface area contributed by atoms with Crippen molar-refractivity contribution in [2.45, 2.75) is 18.4 Å². The molecule has 3 nitrogen and oxygen atoms in total. The molecule has 1 spiro atoms. The Morgan fingerprint density at radius 1 is 1.64 bits per heavy atom. The summed E-state index contributed by atoms with van der Waals surface area (Å²) in [5, 5.41) is 10.9. The predicted molar refractivity (Wildman–Crippen MR) is 31.4 cm³/mol. The van der Waals surface area contributed by atoms with Crippen molar-refractivity contribution in [2.24, 2.45) is 5.41 Å². The highest BCUT2D eigenvalue weighted by molar-refractivity contribution is 5.77. The second-order valence-corrected chi connectivity index (χ2v) is 3.19. The molecule has 2 rings (SSSR count). The van der Waals surface area contributed by atoms with Crippen molar-refractivity contribution >= 4 is 5.97 Å². The Balaban J connectivity index is 2.15. The summed E-state index contributed by atoms with van der Waals surface area (Å²) in [6, 6.07) is -1.03. The maximum absolute atomic E-state index is 12.5. The highest BCUT2D eigenvalue weighted by Gasteiger charge is 2.79. The van der Waals surface area contributed by atoms with Crippen LogP contribution in [0.1, 0.15) is 6.42 Å². The molecule has 2 N–H and O–H groups in total.